The van der Waals surface area contributed by atoms with Crippen LogP contribution in [-0.2, 0) is 24.3 Å². The Morgan fingerprint density at radius 1 is 1.30 bits per heavy atom. The van der Waals surface area contributed by atoms with Crippen LogP contribution in [0.5, 0.6) is 0 Å². The first kappa shape index (κ1) is 21.3. The third-order valence-corrected chi connectivity index (χ3v) is 5.97. The van der Waals surface area contributed by atoms with Gasteiger partial charge in [0.2, 0.25) is 15.9 Å². The standard InChI is InChI=1S/C18H25FN2O5S/c1-3-16(20-27(24,25)15-9-7-14(19)8-10-15)17(22)21-11-5-6-13(12-21)18(23)26-4-2/h7-10,13,16,20H,3-6,11-12H2,1-2H3. The Labute approximate surface area is 158 Å². The van der Waals surface area contributed by atoms with Crippen molar-refractivity contribution in [1.82, 2.24) is 9.62 Å². The summed E-state index contributed by atoms with van der Waals surface area (Å²) in [7, 11) is -3.97. The molecule has 9 heteroatoms. The van der Waals surface area contributed by atoms with E-state index in [1.54, 1.807) is 13.8 Å². The van der Waals surface area contributed by atoms with Gasteiger partial charge in [-0.1, -0.05) is 6.92 Å². The zero-order valence-electron chi connectivity index (χ0n) is 15.5. The number of halogens is 1. The summed E-state index contributed by atoms with van der Waals surface area (Å²) in [6.45, 7) is 4.37. The van der Waals surface area contributed by atoms with Crippen LogP contribution in [0, 0.1) is 11.7 Å². The number of likely N-dealkylation sites (tertiary alicyclic amines) is 1. The van der Waals surface area contributed by atoms with Gasteiger partial charge in [-0.05, 0) is 50.5 Å². The highest BCUT2D eigenvalue weighted by atomic mass is 32.2. The largest absolute Gasteiger partial charge is 0.466 e. The number of nitrogens with zero attached hydrogens (tertiary/aromatic N) is 1. The highest BCUT2D eigenvalue weighted by molar-refractivity contribution is 7.89. The van der Waals surface area contributed by atoms with Crippen molar-refractivity contribution in [3.05, 3.63) is 30.1 Å². The lowest BCUT2D eigenvalue weighted by Gasteiger charge is -2.33. The first-order chi connectivity index (χ1) is 12.8. The third kappa shape index (κ3) is 5.49. The van der Waals surface area contributed by atoms with Gasteiger partial charge in [0.15, 0.2) is 0 Å². The highest BCUT2D eigenvalue weighted by Crippen LogP contribution is 2.20. The predicted molar refractivity (Wildman–Crippen MR) is 96.7 cm³/mol. The normalized spacial score (nSPS) is 18.8. The molecule has 2 rings (SSSR count). The molecule has 0 radical (unpaired) electrons. The van der Waals surface area contributed by atoms with Gasteiger partial charge in [0.25, 0.3) is 0 Å². The van der Waals surface area contributed by atoms with Crippen molar-refractivity contribution in [3.63, 3.8) is 0 Å². The molecule has 0 saturated carbocycles. The number of hydrogen-bond acceptors (Lipinski definition) is 5. The lowest BCUT2D eigenvalue weighted by Crippen LogP contribution is -2.51. The number of esters is 1. The summed E-state index contributed by atoms with van der Waals surface area (Å²) in [5.74, 6) is -1.66. The average Bonchev–Trinajstić information content (AvgIpc) is 2.66. The molecule has 0 aliphatic carbocycles. The second kappa shape index (κ2) is 9.27. The second-order valence-electron chi connectivity index (χ2n) is 6.41. The maximum absolute atomic E-state index is 13.0. The summed E-state index contributed by atoms with van der Waals surface area (Å²) in [4.78, 5) is 26.1. The molecule has 1 aliphatic heterocycles. The maximum atomic E-state index is 13.0. The monoisotopic (exact) mass is 400 g/mol. The van der Waals surface area contributed by atoms with E-state index in [1.807, 2.05) is 0 Å². The fourth-order valence-electron chi connectivity index (χ4n) is 3.03. The van der Waals surface area contributed by atoms with Gasteiger partial charge in [0.1, 0.15) is 11.9 Å². The van der Waals surface area contributed by atoms with Crippen LogP contribution in [0.15, 0.2) is 29.2 Å². The van der Waals surface area contributed by atoms with Gasteiger partial charge in [0, 0.05) is 13.1 Å². The summed E-state index contributed by atoms with van der Waals surface area (Å²) in [5, 5.41) is 0. The summed E-state index contributed by atoms with van der Waals surface area (Å²) < 4.78 is 45.4. The Hall–Kier alpha value is -2.00. The number of sulfonamides is 1. The highest BCUT2D eigenvalue weighted by Gasteiger charge is 2.33. The number of rotatable bonds is 7. The molecule has 1 heterocycles. The first-order valence-electron chi connectivity index (χ1n) is 9.01. The lowest BCUT2D eigenvalue weighted by atomic mass is 9.97. The Balaban J connectivity index is 2.08. The van der Waals surface area contributed by atoms with Crippen molar-refractivity contribution in [2.75, 3.05) is 19.7 Å². The number of ether oxygens (including phenoxy) is 1. The number of hydrogen-bond donors (Lipinski definition) is 1. The summed E-state index contributed by atoms with van der Waals surface area (Å²) in [6, 6.07) is 3.43. The van der Waals surface area contributed by atoms with Crippen molar-refractivity contribution in [2.24, 2.45) is 5.92 Å². The number of nitrogens with one attached hydrogen (secondary N) is 1. The molecule has 0 aromatic heterocycles. The summed E-state index contributed by atoms with van der Waals surface area (Å²) >= 11 is 0. The first-order valence-corrected chi connectivity index (χ1v) is 10.5. The molecule has 150 valence electrons. The van der Waals surface area contributed by atoms with Crippen LogP contribution >= 0.6 is 0 Å². The second-order valence-corrected chi connectivity index (χ2v) is 8.13. The van der Waals surface area contributed by atoms with Gasteiger partial charge in [-0.15, -0.1) is 0 Å². The van der Waals surface area contributed by atoms with Crippen LogP contribution in [-0.4, -0.2) is 50.9 Å². The number of piperidine rings is 1. The van der Waals surface area contributed by atoms with Crippen LogP contribution in [0.2, 0.25) is 0 Å². The molecule has 0 spiro atoms. The zero-order valence-corrected chi connectivity index (χ0v) is 16.3. The molecule has 1 aromatic rings. The van der Waals surface area contributed by atoms with Gasteiger partial charge in [-0.2, -0.15) is 4.72 Å². The smallest absolute Gasteiger partial charge is 0.310 e. The van der Waals surface area contributed by atoms with E-state index in [-0.39, 0.29) is 36.3 Å². The predicted octanol–water partition coefficient (Wildman–Crippen LogP) is 1.68. The average molecular weight is 400 g/mol. The van der Waals surface area contributed by atoms with Crippen LogP contribution < -0.4 is 4.72 Å². The van der Waals surface area contributed by atoms with E-state index < -0.39 is 27.8 Å². The Morgan fingerprint density at radius 3 is 2.56 bits per heavy atom. The number of carbonyl (C=O) groups excluding carboxylic acids is 2. The van der Waals surface area contributed by atoms with E-state index in [4.69, 9.17) is 4.74 Å². The van der Waals surface area contributed by atoms with Crippen LogP contribution in [0.3, 0.4) is 0 Å². The third-order valence-electron chi connectivity index (χ3n) is 4.48. The molecule has 1 saturated heterocycles. The minimum absolute atomic E-state index is 0.113. The minimum Gasteiger partial charge on any atom is -0.466 e. The van der Waals surface area contributed by atoms with E-state index >= 15 is 0 Å². The molecule has 1 fully saturated rings. The number of amides is 1. The zero-order chi connectivity index (χ0) is 20.0. The van der Waals surface area contributed by atoms with Gasteiger partial charge in [-0.3, -0.25) is 9.59 Å². The van der Waals surface area contributed by atoms with Crippen LogP contribution in [0.25, 0.3) is 0 Å². The summed E-state index contributed by atoms with van der Waals surface area (Å²) in [5.41, 5.74) is 0. The molecule has 1 aliphatic rings. The molecule has 0 bridgehead atoms. The van der Waals surface area contributed by atoms with Gasteiger partial charge >= 0.3 is 5.97 Å². The molecule has 1 N–H and O–H groups in total. The summed E-state index contributed by atoms with van der Waals surface area (Å²) in [6.07, 6.45) is 1.54. The molecule has 1 aromatic carbocycles. The lowest BCUT2D eigenvalue weighted by molar-refractivity contribution is -0.151. The van der Waals surface area contributed by atoms with Crippen molar-refractivity contribution in [1.29, 1.82) is 0 Å². The topological polar surface area (TPSA) is 92.8 Å². The Morgan fingerprint density at radius 2 is 1.96 bits per heavy atom. The van der Waals surface area contributed by atoms with Crippen LogP contribution in [0.1, 0.15) is 33.1 Å². The fourth-order valence-corrected chi connectivity index (χ4v) is 4.30. The molecule has 2 atom stereocenters. The van der Waals surface area contributed by atoms with Crippen molar-refractivity contribution >= 4 is 21.9 Å². The molecule has 2 unspecified atom stereocenters. The van der Waals surface area contributed by atoms with Crippen molar-refractivity contribution in [2.45, 2.75) is 44.0 Å². The maximum Gasteiger partial charge on any atom is 0.310 e. The van der Waals surface area contributed by atoms with E-state index in [2.05, 4.69) is 4.72 Å². The Kier molecular flexibility index (Phi) is 7.32. The molecule has 1 amide bonds. The Bertz CT molecular complexity index is 766. The van der Waals surface area contributed by atoms with Crippen molar-refractivity contribution < 1.29 is 27.1 Å². The van der Waals surface area contributed by atoms with E-state index in [1.165, 1.54) is 4.90 Å². The SMILES string of the molecule is CCOC(=O)C1CCCN(C(=O)C(CC)NS(=O)(=O)c2ccc(F)cc2)C1. The molecule has 7 nitrogen and oxygen atoms in total. The quantitative estimate of drug-likeness (QED) is 0.703. The fraction of sp³-hybridized carbons (Fsp3) is 0.556. The van der Waals surface area contributed by atoms with Crippen molar-refractivity contribution in [3.8, 4) is 0 Å². The molecular formula is C18H25FN2O5S. The number of carbonyl (C=O) groups is 2. The molecule has 27 heavy (non-hydrogen) atoms. The van der Waals surface area contributed by atoms with E-state index in [9.17, 15) is 22.4 Å². The van der Waals surface area contributed by atoms with Crippen LogP contribution in [0.4, 0.5) is 4.39 Å². The van der Waals surface area contributed by atoms with E-state index in [0.717, 1.165) is 24.3 Å². The van der Waals surface area contributed by atoms with Gasteiger partial charge in [-0.25, -0.2) is 12.8 Å². The number of benzene rings is 1. The van der Waals surface area contributed by atoms with E-state index in [0.29, 0.717) is 19.4 Å². The molecular weight excluding hydrogens is 375 g/mol. The van der Waals surface area contributed by atoms with Gasteiger partial charge < -0.3 is 9.64 Å². The minimum atomic E-state index is -3.97. The van der Waals surface area contributed by atoms with Gasteiger partial charge in [0.05, 0.1) is 17.4 Å².